The van der Waals surface area contributed by atoms with E-state index in [0.29, 0.717) is 0 Å². The predicted octanol–water partition coefficient (Wildman–Crippen LogP) is 1.50. The van der Waals surface area contributed by atoms with Gasteiger partial charge in [0.05, 0.1) is 0 Å². The van der Waals surface area contributed by atoms with E-state index in [4.69, 9.17) is 0 Å². The van der Waals surface area contributed by atoms with Crippen LogP contribution in [0.1, 0.15) is 5.56 Å². The summed E-state index contributed by atoms with van der Waals surface area (Å²) in [6, 6.07) is 10.3. The van der Waals surface area contributed by atoms with Crippen LogP contribution in [0.4, 0.5) is 0 Å². The van der Waals surface area contributed by atoms with Crippen LogP contribution in [-0.4, -0.2) is 23.1 Å². The molecule has 0 heterocycles. The van der Waals surface area contributed by atoms with E-state index in [0.717, 1.165) is 0 Å². The second-order valence-electron chi connectivity index (χ2n) is 1.65. The minimum absolute atomic E-state index is 0. The van der Waals surface area contributed by atoms with Crippen molar-refractivity contribution in [2.24, 2.45) is 0 Å². The quantitative estimate of drug-likeness (QED) is 0.479. The molecule has 9 heavy (non-hydrogen) atoms. The monoisotopic (exact) mass is 132 g/mol. The molecule has 1 aromatic carbocycles. The van der Waals surface area contributed by atoms with Crippen LogP contribution in [0.3, 0.4) is 0 Å². The van der Waals surface area contributed by atoms with Gasteiger partial charge in [-0.3, -0.25) is 0 Å². The fraction of sp³-hybridized carbons (Fsp3) is 0.143. The first kappa shape index (κ1) is 11.7. The van der Waals surface area contributed by atoms with Crippen LogP contribution in [-0.2, 0) is 5.48 Å². The van der Waals surface area contributed by atoms with E-state index in [1.54, 1.807) is 0 Å². The zero-order valence-corrected chi connectivity index (χ0v) is 6.92. The third-order valence-corrected chi connectivity index (χ3v) is 0.940. The van der Waals surface area contributed by atoms with Crippen molar-refractivity contribution in [2.75, 3.05) is 0 Å². The van der Waals surface area contributed by atoms with E-state index < -0.39 is 0 Å². The van der Waals surface area contributed by atoms with Gasteiger partial charge in [-0.2, -0.15) is 0 Å². The van der Waals surface area contributed by atoms with Gasteiger partial charge in [0.15, 0.2) is 0 Å². The molecule has 1 rings (SSSR count). The zero-order chi connectivity index (χ0) is 5.11. The summed E-state index contributed by atoms with van der Waals surface area (Å²) in [7, 11) is 0. The molecular formula is C7H8MgO. The van der Waals surface area contributed by atoms with Gasteiger partial charge in [-0.15, -0.1) is 0 Å². The second kappa shape index (κ2) is 6.07. The van der Waals surface area contributed by atoms with Crippen LogP contribution in [0.25, 0.3) is 0 Å². The molecule has 0 aliphatic rings. The van der Waals surface area contributed by atoms with Crippen molar-refractivity contribution in [3.63, 3.8) is 0 Å². The molecule has 0 amide bonds. The van der Waals surface area contributed by atoms with Gasteiger partial charge in [0.25, 0.3) is 0 Å². The smallest absolute Gasteiger partial charge is 2.00 e. The zero-order valence-electron chi connectivity index (χ0n) is 5.50. The van der Waals surface area contributed by atoms with Crippen LogP contribution in [0.2, 0.25) is 0 Å². The van der Waals surface area contributed by atoms with Gasteiger partial charge in [-0.05, 0) is 6.92 Å². The number of rotatable bonds is 0. The Morgan fingerprint density at radius 1 is 1.00 bits per heavy atom. The number of benzene rings is 1. The Kier molecular flexibility index (Phi) is 7.90. The van der Waals surface area contributed by atoms with Gasteiger partial charge >= 0.3 is 23.1 Å². The van der Waals surface area contributed by atoms with E-state index >= 15 is 0 Å². The maximum atomic E-state index is 2.08. The molecule has 0 saturated heterocycles. The molecule has 0 atom stereocenters. The fourth-order valence-corrected chi connectivity index (χ4v) is 0.534. The Hall–Kier alpha value is -0.0538. The maximum Gasteiger partial charge on any atom is 2.00 e. The molecule has 0 unspecified atom stereocenters. The Morgan fingerprint density at radius 2 is 1.44 bits per heavy atom. The number of aryl methyl sites for hydroxylation is 1. The average Bonchev–Trinajstić information content (AvgIpc) is 1.69. The van der Waals surface area contributed by atoms with Crippen molar-refractivity contribution in [3.8, 4) is 0 Å². The van der Waals surface area contributed by atoms with E-state index in [1.165, 1.54) is 5.56 Å². The fourth-order valence-electron chi connectivity index (χ4n) is 0.534. The first-order valence-electron chi connectivity index (χ1n) is 2.41. The first-order valence-corrected chi connectivity index (χ1v) is 2.41. The molecule has 0 aliphatic carbocycles. The third-order valence-electron chi connectivity index (χ3n) is 0.940. The Labute approximate surface area is 71.5 Å². The summed E-state index contributed by atoms with van der Waals surface area (Å²) < 4.78 is 0. The van der Waals surface area contributed by atoms with Gasteiger partial charge in [0.1, 0.15) is 0 Å². The summed E-state index contributed by atoms with van der Waals surface area (Å²) in [5, 5.41) is 0. The molecule has 1 aromatic rings. The standard InChI is InChI=1S/C7H8.Mg.O/c1-7-5-3-2-4-6-7;;/h2-6H,1H3;;/q;+2;-2. The molecular weight excluding hydrogens is 124 g/mol. The average molecular weight is 132 g/mol. The summed E-state index contributed by atoms with van der Waals surface area (Å²) in [6.07, 6.45) is 0. The van der Waals surface area contributed by atoms with Crippen molar-refractivity contribution in [2.45, 2.75) is 6.92 Å². The SMILES string of the molecule is Cc1ccccc1.[Mg+2].[O-2]. The van der Waals surface area contributed by atoms with Crippen LogP contribution < -0.4 is 0 Å². The van der Waals surface area contributed by atoms with E-state index in [-0.39, 0.29) is 28.5 Å². The molecule has 1 nitrogen and oxygen atoms in total. The van der Waals surface area contributed by atoms with Gasteiger partial charge in [-0.25, -0.2) is 0 Å². The Morgan fingerprint density at radius 3 is 1.67 bits per heavy atom. The first-order chi connectivity index (χ1) is 3.39. The van der Waals surface area contributed by atoms with E-state index in [9.17, 15) is 0 Å². The molecule has 0 bridgehead atoms. The van der Waals surface area contributed by atoms with Crippen LogP contribution >= 0.6 is 0 Å². The van der Waals surface area contributed by atoms with Gasteiger partial charge in [0, 0.05) is 0 Å². The normalized spacial score (nSPS) is 6.78. The number of hydrogen-bond acceptors (Lipinski definition) is 0. The molecule has 44 valence electrons. The van der Waals surface area contributed by atoms with Crippen LogP contribution in [0, 0.1) is 6.92 Å². The summed E-state index contributed by atoms with van der Waals surface area (Å²) >= 11 is 0. The van der Waals surface area contributed by atoms with Crippen molar-refractivity contribution >= 4 is 23.1 Å². The minimum Gasteiger partial charge on any atom is -2.00 e. The topological polar surface area (TPSA) is 28.5 Å². The molecule has 0 aliphatic heterocycles. The van der Waals surface area contributed by atoms with Gasteiger partial charge in [0.2, 0.25) is 0 Å². The molecule has 0 fully saturated rings. The molecule has 0 N–H and O–H groups in total. The Balaban J connectivity index is 0. The largest absolute Gasteiger partial charge is 2.00 e. The number of hydrogen-bond donors (Lipinski definition) is 0. The Bertz CT molecular complexity index is 139. The van der Waals surface area contributed by atoms with Crippen molar-refractivity contribution in [3.05, 3.63) is 35.9 Å². The molecule has 0 spiro atoms. The van der Waals surface area contributed by atoms with Crippen molar-refractivity contribution < 1.29 is 5.48 Å². The molecule has 0 aromatic heterocycles. The van der Waals surface area contributed by atoms with E-state index in [2.05, 4.69) is 19.1 Å². The van der Waals surface area contributed by atoms with Gasteiger partial charge in [-0.1, -0.05) is 35.9 Å². The van der Waals surface area contributed by atoms with Crippen molar-refractivity contribution in [1.82, 2.24) is 0 Å². The summed E-state index contributed by atoms with van der Waals surface area (Å²) in [4.78, 5) is 0. The molecule has 0 saturated carbocycles. The minimum atomic E-state index is 0. The summed E-state index contributed by atoms with van der Waals surface area (Å²) in [5.74, 6) is 0. The predicted molar refractivity (Wildman–Crippen MR) is 37.6 cm³/mol. The van der Waals surface area contributed by atoms with Crippen LogP contribution in [0.15, 0.2) is 30.3 Å². The summed E-state index contributed by atoms with van der Waals surface area (Å²) in [6.45, 7) is 2.08. The maximum absolute atomic E-state index is 2.08. The van der Waals surface area contributed by atoms with Gasteiger partial charge < -0.3 is 5.48 Å². The molecule has 0 radical (unpaired) electrons. The third kappa shape index (κ3) is 4.45. The second-order valence-corrected chi connectivity index (χ2v) is 1.65. The van der Waals surface area contributed by atoms with E-state index in [1.807, 2.05) is 18.2 Å². The summed E-state index contributed by atoms with van der Waals surface area (Å²) in [5.41, 5.74) is 1.32. The van der Waals surface area contributed by atoms with Crippen LogP contribution in [0.5, 0.6) is 0 Å². The van der Waals surface area contributed by atoms with Crippen molar-refractivity contribution in [1.29, 1.82) is 0 Å². The molecule has 2 heteroatoms.